The van der Waals surface area contributed by atoms with Crippen LogP contribution in [0.5, 0.6) is 5.75 Å². The number of aromatic hydroxyl groups is 1. The van der Waals surface area contributed by atoms with Gasteiger partial charge in [0.1, 0.15) is 11.4 Å². The van der Waals surface area contributed by atoms with Crippen molar-refractivity contribution >= 4 is 5.91 Å². The van der Waals surface area contributed by atoms with Crippen LogP contribution in [0.15, 0.2) is 54.7 Å². The van der Waals surface area contributed by atoms with Crippen molar-refractivity contribution in [2.24, 2.45) is 0 Å². The highest BCUT2D eigenvalue weighted by molar-refractivity contribution is 5.93. The molecule has 1 amide bonds. The standard InChI is InChI=1S/C19H20N4O3/c1-23(18(12-26-2)15-5-3-4-10-20-15)19(25)17-11-16(21-22-17)13-6-8-14(24)9-7-13/h3-11,18,24H,12H2,1-2H3,(H,21,22)/t18-/m0/s1. The van der Waals surface area contributed by atoms with Crippen LogP contribution in [0, 0.1) is 0 Å². The Morgan fingerprint density at radius 3 is 2.69 bits per heavy atom. The lowest BCUT2D eigenvalue weighted by atomic mass is 10.1. The summed E-state index contributed by atoms with van der Waals surface area (Å²) in [5.74, 6) is -0.0340. The Morgan fingerprint density at radius 1 is 1.27 bits per heavy atom. The highest BCUT2D eigenvalue weighted by Crippen LogP contribution is 2.23. The Hall–Kier alpha value is -3.19. The van der Waals surface area contributed by atoms with Crippen molar-refractivity contribution in [3.05, 3.63) is 66.1 Å². The number of likely N-dealkylation sites (N-methyl/N-ethyl adjacent to an activating group) is 1. The Balaban J connectivity index is 1.82. The van der Waals surface area contributed by atoms with Crippen molar-refractivity contribution in [2.75, 3.05) is 20.8 Å². The number of ether oxygens (including phenoxy) is 1. The van der Waals surface area contributed by atoms with Crippen molar-refractivity contribution in [1.82, 2.24) is 20.1 Å². The Bertz CT molecular complexity index is 862. The molecule has 0 bridgehead atoms. The number of pyridine rings is 1. The number of phenolic OH excluding ortho intramolecular Hbond substituents is 1. The maximum Gasteiger partial charge on any atom is 0.272 e. The molecule has 3 aromatic rings. The molecule has 2 aromatic heterocycles. The molecule has 3 rings (SSSR count). The minimum Gasteiger partial charge on any atom is -0.508 e. The van der Waals surface area contributed by atoms with Crippen LogP contribution < -0.4 is 0 Å². The Morgan fingerprint density at radius 2 is 2.04 bits per heavy atom. The molecule has 2 heterocycles. The van der Waals surface area contributed by atoms with E-state index >= 15 is 0 Å². The fraction of sp³-hybridized carbons (Fsp3) is 0.211. The number of aromatic nitrogens is 3. The summed E-state index contributed by atoms with van der Waals surface area (Å²) >= 11 is 0. The van der Waals surface area contributed by atoms with E-state index in [1.807, 2.05) is 18.2 Å². The monoisotopic (exact) mass is 352 g/mol. The summed E-state index contributed by atoms with van der Waals surface area (Å²) in [5, 5.41) is 16.4. The second-order valence-electron chi connectivity index (χ2n) is 5.86. The van der Waals surface area contributed by atoms with E-state index in [0.717, 1.165) is 11.3 Å². The van der Waals surface area contributed by atoms with Crippen LogP contribution in [0.4, 0.5) is 0 Å². The van der Waals surface area contributed by atoms with Gasteiger partial charge in [-0.05, 0) is 42.5 Å². The highest BCUT2D eigenvalue weighted by Gasteiger charge is 2.25. The number of phenols is 1. The maximum atomic E-state index is 12.9. The van der Waals surface area contributed by atoms with E-state index < -0.39 is 0 Å². The van der Waals surface area contributed by atoms with Gasteiger partial charge in [0.25, 0.3) is 5.91 Å². The van der Waals surface area contributed by atoms with Crippen LogP contribution in [0.25, 0.3) is 11.3 Å². The molecule has 134 valence electrons. The number of hydrogen-bond acceptors (Lipinski definition) is 5. The number of carbonyl (C=O) groups is 1. The van der Waals surface area contributed by atoms with Gasteiger partial charge in [-0.2, -0.15) is 5.10 Å². The second kappa shape index (κ2) is 7.79. The van der Waals surface area contributed by atoms with E-state index in [1.165, 1.54) is 0 Å². The number of nitrogens with one attached hydrogen (secondary N) is 1. The van der Waals surface area contributed by atoms with Gasteiger partial charge in [0.15, 0.2) is 0 Å². The molecule has 26 heavy (non-hydrogen) atoms. The summed E-state index contributed by atoms with van der Waals surface area (Å²) in [7, 11) is 3.30. The maximum absolute atomic E-state index is 12.9. The molecule has 1 aromatic carbocycles. The molecule has 7 heteroatoms. The van der Waals surface area contributed by atoms with E-state index in [-0.39, 0.29) is 17.7 Å². The normalized spacial score (nSPS) is 11.9. The second-order valence-corrected chi connectivity index (χ2v) is 5.86. The van der Waals surface area contributed by atoms with Crippen LogP contribution in [0.1, 0.15) is 22.2 Å². The third-order valence-corrected chi connectivity index (χ3v) is 4.11. The molecule has 0 aliphatic rings. The number of H-pyrrole nitrogens is 1. The average molecular weight is 352 g/mol. The largest absolute Gasteiger partial charge is 0.508 e. The lowest BCUT2D eigenvalue weighted by molar-refractivity contribution is 0.0589. The molecule has 0 spiro atoms. The molecule has 0 fully saturated rings. The lowest BCUT2D eigenvalue weighted by Crippen LogP contribution is -2.34. The summed E-state index contributed by atoms with van der Waals surface area (Å²) < 4.78 is 5.27. The van der Waals surface area contributed by atoms with E-state index in [1.54, 1.807) is 55.6 Å². The first kappa shape index (κ1) is 17.6. The number of carbonyl (C=O) groups excluding carboxylic acids is 1. The van der Waals surface area contributed by atoms with Crippen molar-refractivity contribution in [3.8, 4) is 17.0 Å². The van der Waals surface area contributed by atoms with Gasteiger partial charge in [-0.1, -0.05) is 6.07 Å². The third kappa shape index (κ3) is 3.73. The molecule has 0 aliphatic carbocycles. The zero-order valence-corrected chi connectivity index (χ0v) is 14.6. The SMILES string of the molecule is COC[C@@H](c1ccccn1)N(C)C(=O)c1cc(-c2ccc(O)cc2)n[nH]1. The molecule has 0 unspecified atom stereocenters. The van der Waals surface area contributed by atoms with E-state index in [9.17, 15) is 9.90 Å². The molecular formula is C19H20N4O3. The number of benzene rings is 1. The average Bonchev–Trinajstić information content (AvgIpc) is 3.16. The molecule has 7 nitrogen and oxygen atoms in total. The van der Waals surface area contributed by atoms with Gasteiger partial charge in [-0.3, -0.25) is 14.9 Å². The quantitative estimate of drug-likeness (QED) is 0.712. The summed E-state index contributed by atoms with van der Waals surface area (Å²) in [4.78, 5) is 18.8. The fourth-order valence-electron chi connectivity index (χ4n) is 2.67. The zero-order chi connectivity index (χ0) is 18.5. The lowest BCUT2D eigenvalue weighted by Gasteiger charge is -2.26. The Labute approximate surface area is 151 Å². The molecule has 0 saturated heterocycles. The van der Waals surface area contributed by atoms with Crippen LogP contribution in [-0.2, 0) is 4.74 Å². The van der Waals surface area contributed by atoms with Gasteiger partial charge in [-0.25, -0.2) is 0 Å². The van der Waals surface area contributed by atoms with E-state index in [4.69, 9.17) is 4.74 Å². The number of rotatable bonds is 6. The van der Waals surface area contributed by atoms with Gasteiger partial charge in [-0.15, -0.1) is 0 Å². The van der Waals surface area contributed by atoms with E-state index in [0.29, 0.717) is 18.0 Å². The predicted octanol–water partition coefficient (Wildman–Crippen LogP) is 2.64. The third-order valence-electron chi connectivity index (χ3n) is 4.11. The molecule has 1 atom stereocenters. The number of methoxy groups -OCH3 is 1. The minimum atomic E-state index is -0.311. The molecule has 0 radical (unpaired) electrons. The highest BCUT2D eigenvalue weighted by atomic mass is 16.5. The fourth-order valence-corrected chi connectivity index (χ4v) is 2.67. The number of hydrogen-bond donors (Lipinski definition) is 2. The van der Waals surface area contributed by atoms with Gasteiger partial charge in [0.2, 0.25) is 0 Å². The summed E-state index contributed by atoms with van der Waals surface area (Å²) in [6, 6.07) is 13.6. The van der Waals surface area contributed by atoms with Crippen LogP contribution >= 0.6 is 0 Å². The first-order chi connectivity index (χ1) is 12.6. The van der Waals surface area contributed by atoms with Crippen LogP contribution in [0.3, 0.4) is 0 Å². The molecule has 2 N–H and O–H groups in total. The van der Waals surface area contributed by atoms with Crippen molar-refractivity contribution in [2.45, 2.75) is 6.04 Å². The summed E-state index contributed by atoms with van der Waals surface area (Å²) in [6.07, 6.45) is 1.69. The minimum absolute atomic E-state index is 0.179. The zero-order valence-electron chi connectivity index (χ0n) is 14.6. The molecular weight excluding hydrogens is 332 g/mol. The van der Waals surface area contributed by atoms with Gasteiger partial charge >= 0.3 is 0 Å². The van der Waals surface area contributed by atoms with Crippen molar-refractivity contribution in [1.29, 1.82) is 0 Å². The van der Waals surface area contributed by atoms with Crippen molar-refractivity contribution < 1.29 is 14.6 Å². The number of nitrogens with zero attached hydrogens (tertiary/aromatic N) is 3. The van der Waals surface area contributed by atoms with Crippen LogP contribution in [-0.4, -0.2) is 51.9 Å². The smallest absolute Gasteiger partial charge is 0.272 e. The molecule has 0 aliphatic heterocycles. The van der Waals surface area contributed by atoms with Gasteiger partial charge in [0, 0.05) is 25.9 Å². The van der Waals surface area contributed by atoms with Crippen molar-refractivity contribution in [3.63, 3.8) is 0 Å². The summed E-state index contributed by atoms with van der Waals surface area (Å²) in [6.45, 7) is 0.332. The molecule has 0 saturated carbocycles. The first-order valence-corrected chi connectivity index (χ1v) is 8.12. The number of aromatic amines is 1. The Kier molecular flexibility index (Phi) is 5.28. The van der Waals surface area contributed by atoms with E-state index in [2.05, 4.69) is 15.2 Å². The topological polar surface area (TPSA) is 91.3 Å². The van der Waals surface area contributed by atoms with Gasteiger partial charge in [0.05, 0.1) is 24.0 Å². The summed E-state index contributed by atoms with van der Waals surface area (Å²) in [5.41, 5.74) is 2.55. The van der Waals surface area contributed by atoms with Gasteiger partial charge < -0.3 is 14.7 Å². The first-order valence-electron chi connectivity index (χ1n) is 8.12. The number of amides is 1. The van der Waals surface area contributed by atoms with Crippen LogP contribution in [0.2, 0.25) is 0 Å². The predicted molar refractivity (Wildman–Crippen MR) is 96.6 cm³/mol.